The number of aliphatic carboxylic acids is 1. The zero-order valence-corrected chi connectivity index (χ0v) is 23.1. The first-order valence-electron chi connectivity index (χ1n) is 13.2. The van der Waals surface area contributed by atoms with Gasteiger partial charge in [0.1, 0.15) is 0 Å². The number of carboxylic acids is 1. The maximum absolute atomic E-state index is 12.1. The molecule has 0 heterocycles. The Bertz CT molecular complexity index is 492. The van der Waals surface area contributed by atoms with Crippen LogP contribution in [0.2, 0.25) is 0 Å². The summed E-state index contributed by atoms with van der Waals surface area (Å²) in [7, 11) is 0. The van der Waals surface area contributed by atoms with Gasteiger partial charge in [0.2, 0.25) is 0 Å². The van der Waals surface area contributed by atoms with Crippen molar-refractivity contribution in [1.29, 1.82) is 0 Å². The Morgan fingerprint density at radius 1 is 0.750 bits per heavy atom. The van der Waals surface area contributed by atoms with E-state index in [4.69, 9.17) is 4.74 Å². The van der Waals surface area contributed by atoms with Gasteiger partial charge in [0.15, 0.2) is 0 Å². The van der Waals surface area contributed by atoms with Crippen LogP contribution in [0.15, 0.2) is 12.3 Å². The molecule has 2 unspecified atom stereocenters. The molecule has 0 aromatic rings. The van der Waals surface area contributed by atoms with Gasteiger partial charge in [-0.1, -0.05) is 110 Å². The van der Waals surface area contributed by atoms with Gasteiger partial charge in [-0.3, -0.25) is 4.79 Å². The summed E-state index contributed by atoms with van der Waals surface area (Å²) in [5.41, 5.74) is 0. The minimum absolute atomic E-state index is 0. The van der Waals surface area contributed by atoms with E-state index in [0.29, 0.717) is 12.8 Å². The van der Waals surface area contributed by atoms with Crippen LogP contribution in [0.1, 0.15) is 135 Å². The van der Waals surface area contributed by atoms with Crippen molar-refractivity contribution in [3.63, 3.8) is 0 Å². The van der Waals surface area contributed by atoms with Crippen LogP contribution in [-0.2, 0) is 14.3 Å². The number of hydrogen-bond donors (Lipinski definition) is 0. The van der Waals surface area contributed by atoms with E-state index in [1.165, 1.54) is 96.2 Å². The van der Waals surface area contributed by atoms with Gasteiger partial charge in [0, 0.05) is 11.9 Å². The SMILES string of the molecule is CCCCCCCCCCCCCCCCC/C=C/OC(=O)C1CCCCC1C(=O)[O-].[Na+]. The van der Waals surface area contributed by atoms with Gasteiger partial charge in [-0.15, -0.1) is 0 Å². The average Bonchev–Trinajstić information content (AvgIpc) is 2.78. The molecule has 32 heavy (non-hydrogen) atoms. The summed E-state index contributed by atoms with van der Waals surface area (Å²) in [6.07, 6.45) is 27.4. The van der Waals surface area contributed by atoms with Crippen molar-refractivity contribution in [2.75, 3.05) is 0 Å². The summed E-state index contributed by atoms with van der Waals surface area (Å²) in [4.78, 5) is 23.3. The Hall–Kier alpha value is -0.320. The topological polar surface area (TPSA) is 66.4 Å². The molecule has 1 aliphatic carbocycles. The zero-order valence-electron chi connectivity index (χ0n) is 21.1. The predicted octanol–water partition coefficient (Wildman–Crippen LogP) is 3.87. The number of carbonyl (C=O) groups excluding carboxylic acids is 2. The second-order valence-corrected chi connectivity index (χ2v) is 9.36. The number of allylic oxidation sites excluding steroid dienone is 1. The van der Waals surface area contributed by atoms with Crippen LogP contribution in [0.5, 0.6) is 0 Å². The molecule has 0 aromatic carbocycles. The molecule has 180 valence electrons. The van der Waals surface area contributed by atoms with Crippen LogP contribution in [-0.4, -0.2) is 11.9 Å². The molecule has 4 nitrogen and oxygen atoms in total. The number of ether oxygens (including phenoxy) is 1. The van der Waals surface area contributed by atoms with Crippen LogP contribution in [0, 0.1) is 11.8 Å². The van der Waals surface area contributed by atoms with Gasteiger partial charge in [-0.25, -0.2) is 0 Å². The van der Waals surface area contributed by atoms with Crippen molar-refractivity contribution < 1.29 is 49.0 Å². The van der Waals surface area contributed by atoms with Gasteiger partial charge in [0.25, 0.3) is 0 Å². The van der Waals surface area contributed by atoms with E-state index in [2.05, 4.69) is 6.92 Å². The standard InChI is InChI=1S/C27H48O4.Na/c1-2-3-4-5-6-7-8-9-10-11-12-13-14-15-16-17-20-23-31-27(30)25-22-19-18-21-24(25)26(28)29;/h20,23-25H,2-19,21-22H2,1H3,(H,28,29);/q;+1/p-1/b23-20+;. The van der Waals surface area contributed by atoms with Crippen LogP contribution >= 0.6 is 0 Å². The Labute approximate surface area is 219 Å². The quantitative estimate of drug-likeness (QED) is 0.128. The van der Waals surface area contributed by atoms with Crippen LogP contribution < -0.4 is 34.7 Å². The first-order valence-corrected chi connectivity index (χ1v) is 13.2. The summed E-state index contributed by atoms with van der Waals surface area (Å²) >= 11 is 0. The molecule has 1 rings (SSSR count). The average molecular weight is 459 g/mol. The summed E-state index contributed by atoms with van der Waals surface area (Å²) in [5.74, 6) is -2.77. The zero-order chi connectivity index (χ0) is 22.6. The summed E-state index contributed by atoms with van der Waals surface area (Å²) in [6.45, 7) is 2.27. The third-order valence-corrected chi connectivity index (χ3v) is 6.63. The third-order valence-electron chi connectivity index (χ3n) is 6.63. The third kappa shape index (κ3) is 16.3. The molecule has 5 heteroatoms. The minimum Gasteiger partial charge on any atom is -0.550 e. The fourth-order valence-electron chi connectivity index (χ4n) is 4.60. The first-order chi connectivity index (χ1) is 15.2. The van der Waals surface area contributed by atoms with E-state index in [1.54, 1.807) is 0 Å². The number of hydrogen-bond acceptors (Lipinski definition) is 4. The summed E-state index contributed by atoms with van der Waals surface area (Å²) < 4.78 is 5.18. The van der Waals surface area contributed by atoms with Crippen LogP contribution in [0.25, 0.3) is 0 Å². The molecule has 0 aliphatic heterocycles. The molecular weight excluding hydrogens is 411 g/mol. The number of carboxylic acid groups (broad SMARTS) is 1. The Morgan fingerprint density at radius 2 is 1.19 bits per heavy atom. The second kappa shape index (κ2) is 22.5. The molecular formula is C27H47NaO4. The van der Waals surface area contributed by atoms with Crippen molar-refractivity contribution >= 4 is 11.9 Å². The molecule has 1 saturated carbocycles. The molecule has 0 radical (unpaired) electrons. The van der Waals surface area contributed by atoms with E-state index in [-0.39, 0.29) is 29.6 Å². The number of esters is 1. The fraction of sp³-hybridized carbons (Fsp3) is 0.852. The molecule has 0 saturated heterocycles. The van der Waals surface area contributed by atoms with E-state index in [0.717, 1.165) is 25.7 Å². The maximum atomic E-state index is 12.1. The molecule has 0 spiro atoms. The van der Waals surface area contributed by atoms with Crippen LogP contribution in [0.4, 0.5) is 0 Å². The van der Waals surface area contributed by atoms with Crippen LogP contribution in [0.3, 0.4) is 0 Å². The minimum atomic E-state index is -1.12. The molecule has 1 aliphatic rings. The van der Waals surface area contributed by atoms with E-state index in [9.17, 15) is 14.7 Å². The first kappa shape index (κ1) is 31.7. The van der Waals surface area contributed by atoms with E-state index in [1.807, 2.05) is 6.08 Å². The Balaban J connectivity index is 0.00000961. The van der Waals surface area contributed by atoms with E-state index < -0.39 is 23.8 Å². The smallest absolute Gasteiger partial charge is 0.550 e. The van der Waals surface area contributed by atoms with Crippen molar-refractivity contribution in [1.82, 2.24) is 0 Å². The number of rotatable bonds is 19. The van der Waals surface area contributed by atoms with Crippen molar-refractivity contribution in [3.05, 3.63) is 12.3 Å². The van der Waals surface area contributed by atoms with E-state index >= 15 is 0 Å². The van der Waals surface area contributed by atoms with Gasteiger partial charge >= 0.3 is 35.5 Å². The van der Waals surface area contributed by atoms with Crippen molar-refractivity contribution in [2.24, 2.45) is 11.8 Å². The van der Waals surface area contributed by atoms with Crippen molar-refractivity contribution in [3.8, 4) is 0 Å². The van der Waals surface area contributed by atoms with Gasteiger partial charge in [-0.05, 0) is 31.8 Å². The molecule has 0 aromatic heterocycles. The molecule has 0 bridgehead atoms. The van der Waals surface area contributed by atoms with Gasteiger partial charge in [-0.2, -0.15) is 0 Å². The summed E-state index contributed by atoms with van der Waals surface area (Å²) in [5, 5.41) is 11.2. The number of unbranched alkanes of at least 4 members (excludes halogenated alkanes) is 15. The summed E-state index contributed by atoms with van der Waals surface area (Å²) in [6, 6.07) is 0. The Kier molecular flexibility index (Phi) is 22.2. The van der Waals surface area contributed by atoms with Gasteiger partial charge in [0.05, 0.1) is 12.2 Å². The molecule has 1 fully saturated rings. The predicted molar refractivity (Wildman–Crippen MR) is 125 cm³/mol. The van der Waals surface area contributed by atoms with Crippen molar-refractivity contribution in [2.45, 2.75) is 135 Å². The van der Waals surface area contributed by atoms with Gasteiger partial charge < -0.3 is 14.6 Å². The number of carbonyl (C=O) groups is 2. The fourth-order valence-corrected chi connectivity index (χ4v) is 4.60. The molecule has 2 atom stereocenters. The Morgan fingerprint density at radius 3 is 1.66 bits per heavy atom. The maximum Gasteiger partial charge on any atom is 1.00 e. The molecule has 0 N–H and O–H groups in total. The normalized spacial score (nSPS) is 18.4. The monoisotopic (exact) mass is 458 g/mol. The molecule has 0 amide bonds. The second-order valence-electron chi connectivity index (χ2n) is 9.36. The largest absolute Gasteiger partial charge is 1.00 e.